The molecule has 0 aliphatic heterocycles. The molecule has 0 fully saturated rings. The summed E-state index contributed by atoms with van der Waals surface area (Å²) in [4.78, 5) is 0. The third-order valence-corrected chi connectivity index (χ3v) is 6.51. The average Bonchev–Trinajstić information content (AvgIpc) is 2.64. The molecule has 0 bridgehead atoms. The van der Waals surface area contributed by atoms with Crippen molar-refractivity contribution in [1.29, 1.82) is 0 Å². The Kier molecular flexibility index (Phi) is 17.7. The van der Waals surface area contributed by atoms with Crippen molar-refractivity contribution in [2.45, 2.75) is 117 Å². The molecule has 0 N–H and O–H groups in total. The quantitative estimate of drug-likeness (QED) is 0.139. The van der Waals surface area contributed by atoms with Crippen molar-refractivity contribution in [3.8, 4) is 0 Å². The minimum Gasteiger partial charge on any atom is -0.328 e. The highest BCUT2D eigenvalue weighted by Gasteiger charge is 2.17. The van der Waals surface area contributed by atoms with Crippen molar-refractivity contribution in [3.05, 3.63) is 0 Å². The SMILES string of the molecule is CCCCCCCCC[N+](C)(C)CCCC[N+](C)(C)CCCCCCCCC. The van der Waals surface area contributed by atoms with E-state index in [1.165, 1.54) is 138 Å². The molecule has 0 amide bonds. The number of hydrogen-bond acceptors (Lipinski definition) is 0. The number of nitrogens with zero attached hydrogens (tertiary/aromatic N) is 2. The normalized spacial score (nSPS) is 12.6. The van der Waals surface area contributed by atoms with Gasteiger partial charge in [-0.05, 0) is 25.7 Å². The van der Waals surface area contributed by atoms with E-state index in [1.807, 2.05) is 0 Å². The van der Waals surface area contributed by atoms with E-state index in [1.54, 1.807) is 0 Å². The van der Waals surface area contributed by atoms with Crippen LogP contribution in [0.4, 0.5) is 0 Å². The van der Waals surface area contributed by atoms with Crippen LogP contribution in [0.5, 0.6) is 0 Å². The van der Waals surface area contributed by atoms with Crippen LogP contribution in [0.25, 0.3) is 0 Å². The van der Waals surface area contributed by atoms with E-state index < -0.39 is 0 Å². The Bertz CT molecular complexity index is 290. The average molecular weight is 399 g/mol. The minimum absolute atomic E-state index is 1.22. The molecule has 0 saturated heterocycles. The molecule has 170 valence electrons. The van der Waals surface area contributed by atoms with Crippen LogP contribution in [0.1, 0.15) is 117 Å². The van der Waals surface area contributed by atoms with Crippen molar-refractivity contribution in [2.24, 2.45) is 0 Å². The third kappa shape index (κ3) is 19.2. The molecule has 0 rings (SSSR count). The van der Waals surface area contributed by atoms with Gasteiger partial charge in [0.1, 0.15) is 0 Å². The fourth-order valence-electron chi connectivity index (χ4n) is 4.30. The molecule has 0 saturated carbocycles. The zero-order valence-electron chi connectivity index (χ0n) is 21.0. The number of hydrogen-bond donors (Lipinski definition) is 0. The van der Waals surface area contributed by atoms with Crippen molar-refractivity contribution in [1.82, 2.24) is 0 Å². The first-order valence-electron chi connectivity index (χ1n) is 13.0. The Hall–Kier alpha value is -0.0800. The Labute approximate surface area is 180 Å². The van der Waals surface area contributed by atoms with E-state index in [0.717, 1.165) is 0 Å². The van der Waals surface area contributed by atoms with Gasteiger partial charge in [0.25, 0.3) is 0 Å². The molecular formula is C26H58N2+2. The highest BCUT2D eigenvalue weighted by atomic mass is 15.3. The first-order chi connectivity index (χ1) is 13.3. The van der Waals surface area contributed by atoms with Crippen molar-refractivity contribution >= 4 is 0 Å². The molecule has 0 unspecified atom stereocenters. The second-order valence-corrected chi connectivity index (χ2v) is 10.7. The maximum atomic E-state index is 2.44. The molecule has 0 radical (unpaired) electrons. The van der Waals surface area contributed by atoms with Crippen molar-refractivity contribution < 1.29 is 8.97 Å². The fourth-order valence-corrected chi connectivity index (χ4v) is 4.30. The van der Waals surface area contributed by atoms with Gasteiger partial charge >= 0.3 is 0 Å². The molecule has 0 heterocycles. The molecule has 0 aliphatic rings. The van der Waals surface area contributed by atoms with Gasteiger partial charge in [0.15, 0.2) is 0 Å². The van der Waals surface area contributed by atoms with Crippen LogP contribution in [-0.4, -0.2) is 63.3 Å². The maximum Gasteiger partial charge on any atom is 0.0784 e. The van der Waals surface area contributed by atoms with Crippen LogP contribution in [0.3, 0.4) is 0 Å². The molecule has 0 spiro atoms. The minimum atomic E-state index is 1.22. The first-order valence-corrected chi connectivity index (χ1v) is 13.0. The predicted octanol–water partition coefficient (Wildman–Crippen LogP) is 7.42. The van der Waals surface area contributed by atoms with Gasteiger partial charge < -0.3 is 8.97 Å². The van der Waals surface area contributed by atoms with E-state index in [4.69, 9.17) is 0 Å². The van der Waals surface area contributed by atoms with Gasteiger partial charge in [-0.25, -0.2) is 0 Å². The van der Waals surface area contributed by atoms with Crippen LogP contribution >= 0.6 is 0 Å². The topological polar surface area (TPSA) is 0 Å². The summed E-state index contributed by atoms with van der Waals surface area (Å²) in [6.45, 7) is 10.0. The number of unbranched alkanes of at least 4 members (excludes halogenated alkanes) is 13. The van der Waals surface area contributed by atoms with E-state index in [-0.39, 0.29) is 0 Å². The molecular weight excluding hydrogens is 340 g/mol. The van der Waals surface area contributed by atoms with Crippen LogP contribution in [0, 0.1) is 0 Å². The van der Waals surface area contributed by atoms with Crippen LogP contribution in [0.2, 0.25) is 0 Å². The Balaban J connectivity index is 3.64. The van der Waals surface area contributed by atoms with Gasteiger partial charge in [0.05, 0.1) is 54.4 Å². The molecule has 0 aromatic heterocycles. The molecule has 0 atom stereocenters. The molecule has 28 heavy (non-hydrogen) atoms. The summed E-state index contributed by atoms with van der Waals surface area (Å²) < 4.78 is 2.44. The highest BCUT2D eigenvalue weighted by Crippen LogP contribution is 2.12. The fraction of sp³-hybridized carbons (Fsp3) is 1.00. The van der Waals surface area contributed by atoms with Gasteiger partial charge in [0, 0.05) is 12.8 Å². The van der Waals surface area contributed by atoms with Gasteiger partial charge in [-0.1, -0.05) is 78.1 Å². The largest absolute Gasteiger partial charge is 0.328 e. The first kappa shape index (κ1) is 27.9. The van der Waals surface area contributed by atoms with E-state index in [2.05, 4.69) is 42.0 Å². The highest BCUT2D eigenvalue weighted by molar-refractivity contribution is 4.48. The van der Waals surface area contributed by atoms with E-state index in [0.29, 0.717) is 0 Å². The lowest BCUT2D eigenvalue weighted by molar-refractivity contribution is -0.897. The Morgan fingerprint density at radius 2 is 0.536 bits per heavy atom. The van der Waals surface area contributed by atoms with Gasteiger partial charge in [0.2, 0.25) is 0 Å². The zero-order chi connectivity index (χ0) is 21.1. The van der Waals surface area contributed by atoms with Gasteiger partial charge in [-0.2, -0.15) is 0 Å². The summed E-state index contributed by atoms with van der Waals surface area (Å²) >= 11 is 0. The molecule has 2 heteroatoms. The molecule has 0 aliphatic carbocycles. The molecule has 0 aromatic rings. The van der Waals surface area contributed by atoms with Crippen LogP contribution < -0.4 is 0 Å². The van der Waals surface area contributed by atoms with E-state index >= 15 is 0 Å². The number of rotatable bonds is 21. The second-order valence-electron chi connectivity index (χ2n) is 10.7. The summed E-state index contributed by atoms with van der Waals surface area (Å²) in [5, 5.41) is 0. The smallest absolute Gasteiger partial charge is 0.0784 e. The summed E-state index contributed by atoms with van der Waals surface area (Å²) in [6.07, 6.45) is 22.8. The molecule has 0 aromatic carbocycles. The predicted molar refractivity (Wildman–Crippen MR) is 129 cm³/mol. The van der Waals surface area contributed by atoms with Crippen LogP contribution in [-0.2, 0) is 0 Å². The van der Waals surface area contributed by atoms with E-state index in [9.17, 15) is 0 Å². The summed E-state index contributed by atoms with van der Waals surface area (Å²) in [6, 6.07) is 0. The number of quaternary nitrogens is 2. The summed E-state index contributed by atoms with van der Waals surface area (Å²) in [7, 11) is 9.76. The van der Waals surface area contributed by atoms with Crippen LogP contribution in [0.15, 0.2) is 0 Å². The zero-order valence-corrected chi connectivity index (χ0v) is 21.0. The lowest BCUT2D eigenvalue weighted by Gasteiger charge is -2.32. The van der Waals surface area contributed by atoms with Gasteiger partial charge in [-0.15, -0.1) is 0 Å². The monoisotopic (exact) mass is 398 g/mol. The Morgan fingerprint density at radius 3 is 0.821 bits per heavy atom. The van der Waals surface area contributed by atoms with Crippen molar-refractivity contribution in [2.75, 3.05) is 54.4 Å². The third-order valence-electron chi connectivity index (χ3n) is 6.51. The summed E-state index contributed by atoms with van der Waals surface area (Å²) in [5.74, 6) is 0. The second kappa shape index (κ2) is 17.8. The lowest BCUT2D eigenvalue weighted by Crippen LogP contribution is -2.43. The Morgan fingerprint density at radius 1 is 0.321 bits per heavy atom. The van der Waals surface area contributed by atoms with Crippen molar-refractivity contribution in [3.63, 3.8) is 0 Å². The maximum absolute atomic E-state index is 2.44. The van der Waals surface area contributed by atoms with Gasteiger partial charge in [-0.3, -0.25) is 0 Å². The standard InChI is InChI=1S/C26H58N2/c1-7-9-11-13-15-17-19-23-27(3,4)25-21-22-26-28(5,6)24-20-18-16-14-12-10-8-2/h7-26H2,1-6H3/q+2. The molecule has 2 nitrogen and oxygen atoms in total. The lowest BCUT2D eigenvalue weighted by atomic mass is 10.1. The summed E-state index contributed by atoms with van der Waals surface area (Å²) in [5.41, 5.74) is 0.